The van der Waals surface area contributed by atoms with E-state index in [-0.39, 0.29) is 24.2 Å². The molecule has 3 N–H and O–H groups in total. The van der Waals surface area contributed by atoms with Crippen molar-refractivity contribution in [1.82, 2.24) is 4.90 Å². The Hall–Kier alpha value is -1.10. The van der Waals surface area contributed by atoms with Crippen LogP contribution in [0.3, 0.4) is 0 Å². The van der Waals surface area contributed by atoms with Crippen molar-refractivity contribution in [2.45, 2.75) is 46.0 Å². The predicted octanol–water partition coefficient (Wildman–Crippen LogP) is 1.71. The molecule has 1 atom stereocenters. The van der Waals surface area contributed by atoms with Gasteiger partial charge in [-0.05, 0) is 43.6 Å². The highest BCUT2D eigenvalue weighted by molar-refractivity contribution is 5.76. The maximum Gasteiger partial charge on any atom is 0.303 e. The van der Waals surface area contributed by atoms with Gasteiger partial charge in [0.15, 0.2) is 0 Å². The molecule has 5 nitrogen and oxygen atoms in total. The number of nitrogens with two attached hydrogens (primary N) is 1. The normalized spacial score (nSPS) is 18.3. The highest BCUT2D eigenvalue weighted by Gasteiger charge is 2.25. The SMILES string of the molecule is CC(C)C[C@H](CN)CC(=O)N1CCC(CC(=O)O)CC1. The first kappa shape index (κ1) is 17.0. The van der Waals surface area contributed by atoms with E-state index in [1.165, 1.54) is 0 Å². The smallest absolute Gasteiger partial charge is 0.303 e. The van der Waals surface area contributed by atoms with E-state index >= 15 is 0 Å². The summed E-state index contributed by atoms with van der Waals surface area (Å²) in [6, 6.07) is 0. The summed E-state index contributed by atoms with van der Waals surface area (Å²) in [6.07, 6.45) is 3.34. The van der Waals surface area contributed by atoms with Crippen LogP contribution in [0.25, 0.3) is 0 Å². The molecule has 1 aliphatic heterocycles. The van der Waals surface area contributed by atoms with Crippen LogP contribution in [0.5, 0.6) is 0 Å². The van der Waals surface area contributed by atoms with Gasteiger partial charge in [0.05, 0.1) is 0 Å². The standard InChI is InChI=1S/C15H28N2O3/c1-11(2)7-13(10-16)8-14(18)17-5-3-12(4-6-17)9-15(19)20/h11-13H,3-10,16H2,1-2H3,(H,19,20)/t13-/m0/s1. The van der Waals surface area contributed by atoms with Gasteiger partial charge in [-0.1, -0.05) is 13.8 Å². The van der Waals surface area contributed by atoms with Gasteiger partial charge in [0.1, 0.15) is 0 Å². The lowest BCUT2D eigenvalue weighted by Gasteiger charge is -2.32. The zero-order valence-corrected chi connectivity index (χ0v) is 12.7. The van der Waals surface area contributed by atoms with Gasteiger partial charge in [-0.3, -0.25) is 9.59 Å². The Labute approximate surface area is 121 Å². The van der Waals surface area contributed by atoms with Crippen LogP contribution in [-0.2, 0) is 9.59 Å². The molecule has 1 fully saturated rings. The van der Waals surface area contributed by atoms with Crippen molar-refractivity contribution in [2.24, 2.45) is 23.5 Å². The monoisotopic (exact) mass is 284 g/mol. The van der Waals surface area contributed by atoms with Crippen molar-refractivity contribution in [3.05, 3.63) is 0 Å². The van der Waals surface area contributed by atoms with E-state index < -0.39 is 5.97 Å². The number of carbonyl (C=O) groups excluding carboxylic acids is 1. The van der Waals surface area contributed by atoms with E-state index in [0.29, 0.717) is 32.0 Å². The summed E-state index contributed by atoms with van der Waals surface area (Å²) in [5.74, 6) is 0.471. The van der Waals surface area contributed by atoms with Crippen LogP contribution in [0.1, 0.15) is 46.0 Å². The summed E-state index contributed by atoms with van der Waals surface area (Å²) in [5, 5.41) is 8.78. The molecule has 0 aromatic rings. The van der Waals surface area contributed by atoms with E-state index in [0.717, 1.165) is 19.3 Å². The molecule has 1 rings (SSSR count). The Morgan fingerprint density at radius 3 is 2.35 bits per heavy atom. The molecular formula is C15H28N2O3. The number of piperidine rings is 1. The van der Waals surface area contributed by atoms with Gasteiger partial charge in [-0.25, -0.2) is 0 Å². The molecule has 20 heavy (non-hydrogen) atoms. The molecule has 0 aromatic heterocycles. The van der Waals surface area contributed by atoms with Crippen LogP contribution in [0.4, 0.5) is 0 Å². The lowest BCUT2D eigenvalue weighted by molar-refractivity contribution is -0.138. The fraction of sp³-hybridized carbons (Fsp3) is 0.867. The number of hydrogen-bond acceptors (Lipinski definition) is 3. The Kier molecular flexibility index (Phi) is 6.99. The lowest BCUT2D eigenvalue weighted by Crippen LogP contribution is -2.40. The summed E-state index contributed by atoms with van der Waals surface area (Å²) >= 11 is 0. The number of carboxylic acids is 1. The van der Waals surface area contributed by atoms with Gasteiger partial charge in [-0.15, -0.1) is 0 Å². The third-order valence-corrected chi connectivity index (χ3v) is 4.03. The first-order valence-electron chi connectivity index (χ1n) is 7.62. The molecule has 0 bridgehead atoms. The summed E-state index contributed by atoms with van der Waals surface area (Å²) in [6.45, 7) is 6.22. The number of amides is 1. The quantitative estimate of drug-likeness (QED) is 0.745. The van der Waals surface area contributed by atoms with Gasteiger partial charge in [0.2, 0.25) is 5.91 Å². The van der Waals surface area contributed by atoms with Crippen molar-refractivity contribution in [1.29, 1.82) is 0 Å². The molecule has 1 aliphatic rings. The summed E-state index contributed by atoms with van der Waals surface area (Å²) < 4.78 is 0. The van der Waals surface area contributed by atoms with Crippen LogP contribution in [0.2, 0.25) is 0 Å². The van der Waals surface area contributed by atoms with Crippen LogP contribution >= 0.6 is 0 Å². The van der Waals surface area contributed by atoms with Crippen LogP contribution < -0.4 is 5.73 Å². The average molecular weight is 284 g/mol. The maximum atomic E-state index is 12.2. The molecule has 0 radical (unpaired) electrons. The molecule has 1 saturated heterocycles. The Balaban J connectivity index is 2.36. The van der Waals surface area contributed by atoms with Gasteiger partial charge in [-0.2, -0.15) is 0 Å². The highest BCUT2D eigenvalue weighted by atomic mass is 16.4. The van der Waals surface area contributed by atoms with Crippen molar-refractivity contribution < 1.29 is 14.7 Å². The summed E-state index contributed by atoms with van der Waals surface area (Å²) in [7, 11) is 0. The molecule has 116 valence electrons. The number of aliphatic carboxylic acids is 1. The number of nitrogens with zero attached hydrogens (tertiary/aromatic N) is 1. The molecule has 0 unspecified atom stereocenters. The van der Waals surface area contributed by atoms with Crippen LogP contribution in [0, 0.1) is 17.8 Å². The van der Waals surface area contributed by atoms with Crippen LogP contribution in [-0.4, -0.2) is 41.5 Å². The molecule has 0 saturated carbocycles. The minimum Gasteiger partial charge on any atom is -0.481 e. The summed E-state index contributed by atoms with van der Waals surface area (Å²) in [4.78, 5) is 24.8. The molecule has 1 amide bonds. The van der Waals surface area contributed by atoms with E-state index in [2.05, 4.69) is 13.8 Å². The Morgan fingerprint density at radius 2 is 1.90 bits per heavy atom. The third kappa shape index (κ3) is 5.90. The third-order valence-electron chi connectivity index (χ3n) is 4.03. The zero-order valence-electron chi connectivity index (χ0n) is 12.7. The second-order valence-corrected chi connectivity index (χ2v) is 6.36. The van der Waals surface area contributed by atoms with Gasteiger partial charge in [0.25, 0.3) is 0 Å². The minimum atomic E-state index is -0.741. The van der Waals surface area contributed by atoms with Crippen molar-refractivity contribution >= 4 is 11.9 Å². The average Bonchev–Trinajstić information content (AvgIpc) is 2.37. The largest absolute Gasteiger partial charge is 0.481 e. The van der Waals surface area contributed by atoms with E-state index in [4.69, 9.17) is 10.8 Å². The second kappa shape index (κ2) is 8.25. The fourth-order valence-electron chi connectivity index (χ4n) is 2.94. The van der Waals surface area contributed by atoms with Gasteiger partial charge < -0.3 is 15.7 Å². The number of likely N-dealkylation sites (tertiary alicyclic amines) is 1. The molecule has 0 aliphatic carbocycles. The lowest BCUT2D eigenvalue weighted by atomic mass is 9.91. The molecular weight excluding hydrogens is 256 g/mol. The zero-order chi connectivity index (χ0) is 15.1. The minimum absolute atomic E-state index is 0.176. The maximum absolute atomic E-state index is 12.2. The van der Waals surface area contributed by atoms with E-state index in [9.17, 15) is 9.59 Å². The highest BCUT2D eigenvalue weighted by Crippen LogP contribution is 2.22. The number of carboxylic acid groups (broad SMARTS) is 1. The van der Waals surface area contributed by atoms with Gasteiger partial charge in [0, 0.05) is 25.9 Å². The van der Waals surface area contributed by atoms with Crippen molar-refractivity contribution in [3.8, 4) is 0 Å². The second-order valence-electron chi connectivity index (χ2n) is 6.36. The first-order chi connectivity index (χ1) is 9.42. The number of carbonyl (C=O) groups is 2. The van der Waals surface area contributed by atoms with Crippen molar-refractivity contribution in [2.75, 3.05) is 19.6 Å². The Bertz CT molecular complexity index is 323. The van der Waals surface area contributed by atoms with Gasteiger partial charge >= 0.3 is 5.97 Å². The predicted molar refractivity (Wildman–Crippen MR) is 78.2 cm³/mol. The molecule has 1 heterocycles. The van der Waals surface area contributed by atoms with Crippen LogP contribution in [0.15, 0.2) is 0 Å². The molecule has 0 spiro atoms. The van der Waals surface area contributed by atoms with Crippen molar-refractivity contribution in [3.63, 3.8) is 0 Å². The first-order valence-corrected chi connectivity index (χ1v) is 7.62. The topological polar surface area (TPSA) is 83.6 Å². The molecule has 5 heteroatoms. The molecule has 0 aromatic carbocycles. The number of rotatable bonds is 7. The Morgan fingerprint density at radius 1 is 1.30 bits per heavy atom. The fourth-order valence-corrected chi connectivity index (χ4v) is 2.94. The summed E-state index contributed by atoms with van der Waals surface area (Å²) in [5.41, 5.74) is 5.74. The van der Waals surface area contributed by atoms with E-state index in [1.54, 1.807) is 0 Å². The number of hydrogen-bond donors (Lipinski definition) is 2. The van der Waals surface area contributed by atoms with E-state index in [1.807, 2.05) is 4.90 Å².